The largest absolute Gasteiger partial charge is 0.512 e. The van der Waals surface area contributed by atoms with Crippen molar-refractivity contribution in [2.75, 3.05) is 0 Å². The van der Waals surface area contributed by atoms with Gasteiger partial charge in [0, 0.05) is 42.4 Å². The van der Waals surface area contributed by atoms with E-state index >= 15 is 0 Å². The van der Waals surface area contributed by atoms with Crippen LogP contribution in [0.25, 0.3) is 32.9 Å². The van der Waals surface area contributed by atoms with E-state index in [1.807, 2.05) is 48.5 Å². The summed E-state index contributed by atoms with van der Waals surface area (Å²) in [7, 11) is 0. The first-order valence-electron chi connectivity index (χ1n) is 16.6. The predicted octanol–water partition coefficient (Wildman–Crippen LogP) is 11.4. The topological polar surface area (TPSA) is 63.1 Å². The molecule has 0 aliphatic heterocycles. The molecule has 0 amide bonds. The van der Waals surface area contributed by atoms with Crippen LogP contribution >= 0.6 is 0 Å². The molecule has 46 heavy (non-hydrogen) atoms. The van der Waals surface area contributed by atoms with E-state index in [1.165, 1.54) is 33.5 Å². The van der Waals surface area contributed by atoms with Crippen LogP contribution in [0.3, 0.4) is 0 Å². The molecule has 0 bridgehead atoms. The molecule has 0 spiro atoms. The van der Waals surface area contributed by atoms with Gasteiger partial charge in [0.25, 0.3) is 0 Å². The average Bonchev–Trinajstić information content (AvgIpc) is 2.98. The monoisotopic (exact) mass is 800 g/mol. The summed E-state index contributed by atoms with van der Waals surface area (Å²) < 4.78 is 0. The van der Waals surface area contributed by atoms with Crippen molar-refractivity contribution in [2.45, 2.75) is 121 Å². The van der Waals surface area contributed by atoms with E-state index in [1.54, 1.807) is 0 Å². The van der Waals surface area contributed by atoms with Gasteiger partial charge in [-0.1, -0.05) is 100 Å². The second kappa shape index (κ2) is 15.3. The zero-order valence-electron chi connectivity index (χ0n) is 30.5. The molecule has 4 rings (SSSR count). The summed E-state index contributed by atoms with van der Waals surface area (Å²) in [5.74, 6) is 1.08. The number of aromatic nitrogens is 2. The number of rotatable bonds is 8. The van der Waals surface area contributed by atoms with Crippen molar-refractivity contribution in [3.63, 3.8) is 0 Å². The Labute approximate surface area is 291 Å². The van der Waals surface area contributed by atoms with E-state index in [0.29, 0.717) is 0 Å². The second-order valence-electron chi connectivity index (χ2n) is 14.4. The summed E-state index contributed by atoms with van der Waals surface area (Å²) >= 11 is 0. The number of hydrogen-bond acceptors (Lipinski definition) is 4. The summed E-state index contributed by atoms with van der Waals surface area (Å²) in [5, 5.41) is 13.7. The Morgan fingerprint density at radius 2 is 1.41 bits per heavy atom. The van der Waals surface area contributed by atoms with Crippen molar-refractivity contribution < 1.29 is 30.0 Å². The molecule has 0 saturated carbocycles. The quantitative estimate of drug-likeness (QED) is 0.0834. The molecule has 4 nitrogen and oxygen atoms in total. The van der Waals surface area contributed by atoms with E-state index in [4.69, 9.17) is 9.97 Å². The van der Waals surface area contributed by atoms with E-state index < -0.39 is 0 Å². The number of nitrogens with zero attached hydrogens (tertiary/aromatic N) is 2. The Morgan fingerprint density at radius 1 is 0.826 bits per heavy atom. The number of aliphatic hydroxyl groups is 1. The van der Waals surface area contributed by atoms with Gasteiger partial charge in [-0.15, -0.1) is 34.9 Å². The van der Waals surface area contributed by atoms with Gasteiger partial charge in [-0.2, -0.15) is 0 Å². The third-order valence-electron chi connectivity index (χ3n) is 9.96. The third kappa shape index (κ3) is 8.52. The molecule has 0 unspecified atom stereocenters. The number of carbonyl (C=O) groups is 1. The fourth-order valence-corrected chi connectivity index (χ4v) is 5.72. The van der Waals surface area contributed by atoms with Gasteiger partial charge in [-0.05, 0) is 72.5 Å². The van der Waals surface area contributed by atoms with Crippen LogP contribution in [-0.4, -0.2) is 20.9 Å². The number of carbonyl (C=O) groups excluding carboxylic acids is 1. The maximum atomic E-state index is 12.2. The molecule has 0 saturated heterocycles. The van der Waals surface area contributed by atoms with Gasteiger partial charge >= 0.3 is 0 Å². The first-order valence-corrected chi connectivity index (χ1v) is 16.6. The van der Waals surface area contributed by atoms with Crippen LogP contribution in [0, 0.1) is 44.6 Å². The molecule has 1 radical (unpaired) electrons. The van der Waals surface area contributed by atoms with Crippen LogP contribution < -0.4 is 0 Å². The third-order valence-corrected chi connectivity index (χ3v) is 9.96. The van der Waals surface area contributed by atoms with Crippen molar-refractivity contribution >= 4 is 27.5 Å². The number of benzene rings is 3. The molecule has 5 heteroatoms. The van der Waals surface area contributed by atoms with Crippen LogP contribution in [0.15, 0.2) is 48.2 Å². The van der Waals surface area contributed by atoms with Gasteiger partial charge in [0.15, 0.2) is 5.78 Å². The van der Waals surface area contributed by atoms with Crippen LogP contribution in [0.5, 0.6) is 0 Å². The molecule has 0 atom stereocenters. The van der Waals surface area contributed by atoms with Gasteiger partial charge in [-0.3, -0.25) is 9.78 Å². The smallest absolute Gasteiger partial charge is 0.164 e. The maximum Gasteiger partial charge on any atom is 0.164 e. The van der Waals surface area contributed by atoms with Crippen molar-refractivity contribution in [1.82, 2.24) is 9.97 Å². The fraction of sp³-hybridized carbons (Fsp3) is 0.488. The zero-order chi connectivity index (χ0) is 33.9. The summed E-state index contributed by atoms with van der Waals surface area (Å²) in [6.07, 6.45) is 4.75. The van der Waals surface area contributed by atoms with Crippen molar-refractivity contribution in [3.05, 3.63) is 82.4 Å². The van der Waals surface area contributed by atoms with Crippen molar-refractivity contribution in [3.8, 4) is 11.3 Å². The number of hydrogen-bond donors (Lipinski definition) is 1. The Hall–Kier alpha value is -2.88. The number of allylic oxidation sites excluding steroid dienone is 2. The van der Waals surface area contributed by atoms with Gasteiger partial charge in [-0.25, -0.2) is 4.98 Å². The first-order chi connectivity index (χ1) is 20.9. The number of aryl methyl sites for hydroxylation is 4. The van der Waals surface area contributed by atoms with Crippen LogP contribution in [0.2, 0.25) is 0 Å². The summed E-state index contributed by atoms with van der Waals surface area (Å²) in [4.78, 5) is 21.8. The van der Waals surface area contributed by atoms with Crippen molar-refractivity contribution in [1.29, 1.82) is 0 Å². The van der Waals surface area contributed by atoms with E-state index in [9.17, 15) is 9.90 Å². The Bertz CT molecular complexity index is 1700. The Morgan fingerprint density at radius 3 is 1.93 bits per heavy atom. The zero-order valence-corrected chi connectivity index (χ0v) is 32.8. The molecular formula is C41H55IrN2O2-. The molecular weight excluding hydrogens is 745 g/mol. The maximum absolute atomic E-state index is 12.2. The van der Waals surface area contributed by atoms with Gasteiger partial charge in [0.2, 0.25) is 0 Å². The Kier molecular flexibility index (Phi) is 13.1. The first kappa shape index (κ1) is 39.3. The molecule has 1 heterocycles. The van der Waals surface area contributed by atoms with Gasteiger partial charge in [0.05, 0.1) is 5.52 Å². The minimum atomic E-state index is -0.337. The van der Waals surface area contributed by atoms with E-state index in [0.717, 1.165) is 59.2 Å². The Balaban J connectivity index is 0.000000356. The number of aliphatic hydroxyl groups excluding tert-OH is 1. The minimum absolute atomic E-state index is 0. The molecule has 1 aromatic heterocycles. The van der Waals surface area contributed by atoms with E-state index in [2.05, 4.69) is 84.0 Å². The van der Waals surface area contributed by atoms with Crippen LogP contribution in [0.1, 0.15) is 116 Å². The van der Waals surface area contributed by atoms with Crippen molar-refractivity contribution in [2.24, 2.45) is 10.8 Å². The summed E-state index contributed by atoms with van der Waals surface area (Å²) in [6, 6.07) is 16.8. The summed E-state index contributed by atoms with van der Waals surface area (Å²) in [5.41, 5.74) is 7.53. The molecule has 4 aromatic rings. The van der Waals surface area contributed by atoms with Gasteiger partial charge < -0.3 is 5.11 Å². The summed E-state index contributed by atoms with van der Waals surface area (Å²) in [6.45, 7) is 27.2. The van der Waals surface area contributed by atoms with Crippen LogP contribution in [-0.2, 0) is 30.3 Å². The molecule has 1 N–H and O–H groups in total. The number of ketones is 1. The standard InChI is InChI=1S/C26H27N2.C15H28O2.Ir/c1-15-10-16(2)12-20(11-15)24-22-9-8-19-14-21(26(5,6)7)13-17(3)23(19)25(22)28-18(4)27-24;1-7-14(5,8-2)12(16)11-13(17)15(6,9-3)10-4;/h8-11,13-14H,1-7H3;11,16H,7-10H2,1-6H3;/q-1;;/b;12-11-;. The molecule has 0 fully saturated rings. The molecule has 0 aliphatic carbocycles. The molecule has 0 aliphatic rings. The fourth-order valence-electron chi connectivity index (χ4n) is 5.72. The second-order valence-corrected chi connectivity index (χ2v) is 14.4. The predicted molar refractivity (Wildman–Crippen MR) is 192 cm³/mol. The van der Waals surface area contributed by atoms with E-state index in [-0.39, 0.29) is 47.9 Å². The molecule has 251 valence electrons. The minimum Gasteiger partial charge on any atom is -0.512 e. The van der Waals surface area contributed by atoms with Crippen LogP contribution in [0.4, 0.5) is 0 Å². The SMILES string of the molecule is CCC(C)(CC)C(=O)/C=C(\O)C(C)(CC)CC.Cc1[c-]c(-c2nc(C)nc3c2ccc2cc(C(C)(C)C)cc(C)c23)cc(C)c1.[Ir]. The average molecular weight is 800 g/mol. The normalized spacial score (nSPS) is 12.5. The number of fused-ring (bicyclic) bond motifs is 3. The molecule has 3 aromatic carbocycles. The van der Waals surface area contributed by atoms with Gasteiger partial charge in [0.1, 0.15) is 11.6 Å².